The largest absolute Gasteiger partial charge is 0.388 e. The van der Waals surface area contributed by atoms with Crippen molar-refractivity contribution in [2.24, 2.45) is 0 Å². The number of carbonyl (C=O) groups is 1. The first kappa shape index (κ1) is 14.3. The zero-order valence-electron chi connectivity index (χ0n) is 11.9. The first-order chi connectivity index (χ1) is 9.54. The molecule has 2 rings (SSSR count). The molecule has 20 heavy (non-hydrogen) atoms. The molecule has 0 fully saturated rings. The molecule has 106 valence electrons. The van der Waals surface area contributed by atoms with Crippen LogP contribution in [0.2, 0.25) is 0 Å². The summed E-state index contributed by atoms with van der Waals surface area (Å²) in [6.45, 7) is 1.92. The molecule has 0 radical (unpaired) electrons. The van der Waals surface area contributed by atoms with E-state index in [9.17, 15) is 9.90 Å². The second kappa shape index (κ2) is 5.88. The van der Waals surface area contributed by atoms with Gasteiger partial charge in [-0.2, -0.15) is 5.10 Å². The van der Waals surface area contributed by atoms with E-state index >= 15 is 0 Å². The Kier molecular flexibility index (Phi) is 4.20. The van der Waals surface area contributed by atoms with Gasteiger partial charge in [0, 0.05) is 25.9 Å². The number of nitrogens with zero attached hydrogens (tertiary/aromatic N) is 3. The Bertz CT molecular complexity index is 605. The molecule has 1 aromatic carbocycles. The van der Waals surface area contributed by atoms with Crippen LogP contribution in [0.1, 0.15) is 35.5 Å². The predicted molar refractivity (Wildman–Crippen MR) is 76.8 cm³/mol. The highest BCUT2D eigenvalue weighted by atomic mass is 16.3. The highest BCUT2D eigenvalue weighted by Crippen LogP contribution is 2.23. The van der Waals surface area contributed by atoms with E-state index in [0.717, 1.165) is 11.3 Å². The lowest BCUT2D eigenvalue weighted by Gasteiger charge is -2.14. The maximum absolute atomic E-state index is 11.9. The SMILES string of the molecule is CCC(O)c1ccccc1-n1ccc(C(=O)N(C)C)n1. The van der Waals surface area contributed by atoms with Gasteiger partial charge in [0.05, 0.1) is 11.8 Å². The van der Waals surface area contributed by atoms with Crippen LogP contribution in [0.15, 0.2) is 36.5 Å². The minimum Gasteiger partial charge on any atom is -0.388 e. The molecule has 2 aromatic rings. The molecule has 0 aliphatic heterocycles. The first-order valence-electron chi connectivity index (χ1n) is 6.59. The summed E-state index contributed by atoms with van der Waals surface area (Å²) in [6, 6.07) is 9.20. The fourth-order valence-corrected chi connectivity index (χ4v) is 2.00. The summed E-state index contributed by atoms with van der Waals surface area (Å²) in [7, 11) is 3.38. The van der Waals surface area contributed by atoms with Gasteiger partial charge in [-0.25, -0.2) is 4.68 Å². The second-order valence-electron chi connectivity index (χ2n) is 4.83. The summed E-state index contributed by atoms with van der Waals surface area (Å²) in [5.74, 6) is -0.141. The monoisotopic (exact) mass is 273 g/mol. The Labute approximate surface area is 118 Å². The maximum atomic E-state index is 11.9. The zero-order valence-corrected chi connectivity index (χ0v) is 11.9. The van der Waals surface area contributed by atoms with Crippen molar-refractivity contribution in [3.8, 4) is 5.69 Å². The number of hydrogen-bond acceptors (Lipinski definition) is 3. The number of amides is 1. The van der Waals surface area contributed by atoms with Gasteiger partial charge in [0.1, 0.15) is 0 Å². The van der Waals surface area contributed by atoms with Crippen LogP contribution in [0.25, 0.3) is 5.69 Å². The van der Waals surface area contributed by atoms with E-state index in [2.05, 4.69) is 5.10 Å². The summed E-state index contributed by atoms with van der Waals surface area (Å²) in [4.78, 5) is 13.4. The van der Waals surface area contributed by atoms with Crippen molar-refractivity contribution in [1.82, 2.24) is 14.7 Å². The van der Waals surface area contributed by atoms with Gasteiger partial charge in [-0.05, 0) is 18.6 Å². The van der Waals surface area contributed by atoms with E-state index in [4.69, 9.17) is 0 Å². The third-order valence-corrected chi connectivity index (χ3v) is 3.14. The standard InChI is InChI=1S/C15H19N3O2/c1-4-14(19)11-7-5-6-8-13(11)18-10-9-12(16-18)15(20)17(2)3/h5-10,14,19H,4H2,1-3H3. The highest BCUT2D eigenvalue weighted by molar-refractivity contribution is 5.91. The third-order valence-electron chi connectivity index (χ3n) is 3.14. The summed E-state index contributed by atoms with van der Waals surface area (Å²) in [5, 5.41) is 14.4. The lowest BCUT2D eigenvalue weighted by atomic mass is 10.1. The molecule has 5 heteroatoms. The van der Waals surface area contributed by atoms with Gasteiger partial charge in [0.2, 0.25) is 0 Å². The van der Waals surface area contributed by atoms with Gasteiger partial charge < -0.3 is 10.0 Å². The number of aliphatic hydroxyl groups is 1. The molecule has 0 aliphatic rings. The Morgan fingerprint density at radius 2 is 2.05 bits per heavy atom. The van der Waals surface area contributed by atoms with Crippen molar-refractivity contribution in [3.63, 3.8) is 0 Å². The molecule has 0 saturated heterocycles. The van der Waals surface area contributed by atoms with E-state index in [1.165, 1.54) is 4.90 Å². The molecule has 1 aromatic heterocycles. The lowest BCUT2D eigenvalue weighted by Crippen LogP contribution is -2.22. The Balaban J connectivity index is 2.40. The van der Waals surface area contributed by atoms with Crippen molar-refractivity contribution in [3.05, 3.63) is 47.8 Å². The number of hydrogen-bond donors (Lipinski definition) is 1. The zero-order chi connectivity index (χ0) is 14.7. The number of carbonyl (C=O) groups excluding carboxylic acids is 1. The van der Waals surface area contributed by atoms with Crippen LogP contribution >= 0.6 is 0 Å². The molecule has 0 saturated carbocycles. The van der Waals surface area contributed by atoms with Crippen LogP contribution < -0.4 is 0 Å². The van der Waals surface area contributed by atoms with Gasteiger partial charge in [-0.3, -0.25) is 4.79 Å². The maximum Gasteiger partial charge on any atom is 0.273 e. The smallest absolute Gasteiger partial charge is 0.273 e. The van der Waals surface area contributed by atoms with E-state index in [0.29, 0.717) is 12.1 Å². The number of rotatable bonds is 4. The predicted octanol–water partition coefficient (Wildman–Crippen LogP) is 2.02. The molecule has 0 aliphatic carbocycles. The van der Waals surface area contributed by atoms with Gasteiger partial charge in [0.15, 0.2) is 5.69 Å². The Morgan fingerprint density at radius 3 is 2.70 bits per heavy atom. The van der Waals surface area contributed by atoms with E-state index in [1.54, 1.807) is 31.0 Å². The van der Waals surface area contributed by atoms with Crippen LogP contribution in [0.3, 0.4) is 0 Å². The highest BCUT2D eigenvalue weighted by Gasteiger charge is 2.15. The van der Waals surface area contributed by atoms with Crippen molar-refractivity contribution < 1.29 is 9.90 Å². The number of benzene rings is 1. The molecule has 1 amide bonds. The number of aromatic nitrogens is 2. The third kappa shape index (κ3) is 2.72. The summed E-state index contributed by atoms with van der Waals surface area (Å²) < 4.78 is 1.63. The summed E-state index contributed by atoms with van der Waals surface area (Å²) in [6.07, 6.45) is 1.82. The molecule has 0 bridgehead atoms. The molecule has 1 N–H and O–H groups in total. The normalized spacial score (nSPS) is 12.2. The molecule has 0 spiro atoms. The summed E-state index contributed by atoms with van der Waals surface area (Å²) in [5.41, 5.74) is 1.98. The van der Waals surface area contributed by atoms with Crippen LogP contribution in [-0.4, -0.2) is 39.8 Å². The summed E-state index contributed by atoms with van der Waals surface area (Å²) >= 11 is 0. The van der Waals surface area contributed by atoms with Gasteiger partial charge in [0.25, 0.3) is 5.91 Å². The quantitative estimate of drug-likeness (QED) is 0.927. The Morgan fingerprint density at radius 1 is 1.35 bits per heavy atom. The average molecular weight is 273 g/mol. The molecule has 1 unspecified atom stereocenters. The fourth-order valence-electron chi connectivity index (χ4n) is 2.00. The second-order valence-corrected chi connectivity index (χ2v) is 4.83. The lowest BCUT2D eigenvalue weighted by molar-refractivity contribution is 0.0821. The van der Waals surface area contributed by atoms with Crippen molar-refractivity contribution in [1.29, 1.82) is 0 Å². The van der Waals surface area contributed by atoms with Gasteiger partial charge >= 0.3 is 0 Å². The minimum absolute atomic E-state index is 0.141. The molecule has 1 heterocycles. The first-order valence-corrected chi connectivity index (χ1v) is 6.59. The van der Waals surface area contributed by atoms with E-state index in [1.807, 2.05) is 31.2 Å². The van der Waals surface area contributed by atoms with Crippen molar-refractivity contribution in [2.75, 3.05) is 14.1 Å². The number of para-hydroxylation sites is 1. The van der Waals surface area contributed by atoms with Gasteiger partial charge in [-0.1, -0.05) is 25.1 Å². The average Bonchev–Trinajstić information content (AvgIpc) is 2.95. The van der Waals surface area contributed by atoms with E-state index < -0.39 is 6.10 Å². The van der Waals surface area contributed by atoms with Crippen LogP contribution in [0.5, 0.6) is 0 Å². The van der Waals surface area contributed by atoms with Crippen molar-refractivity contribution in [2.45, 2.75) is 19.4 Å². The van der Waals surface area contributed by atoms with Crippen molar-refractivity contribution >= 4 is 5.91 Å². The number of aliphatic hydroxyl groups excluding tert-OH is 1. The van der Waals surface area contributed by atoms with Crippen LogP contribution in [-0.2, 0) is 0 Å². The van der Waals surface area contributed by atoms with Crippen LogP contribution in [0, 0.1) is 0 Å². The molecular formula is C15H19N3O2. The van der Waals surface area contributed by atoms with E-state index in [-0.39, 0.29) is 5.91 Å². The fraction of sp³-hybridized carbons (Fsp3) is 0.333. The Hall–Kier alpha value is -2.14. The minimum atomic E-state index is -0.539. The molecular weight excluding hydrogens is 254 g/mol. The molecule has 1 atom stereocenters. The molecule has 5 nitrogen and oxygen atoms in total. The van der Waals surface area contributed by atoms with Gasteiger partial charge in [-0.15, -0.1) is 0 Å². The topological polar surface area (TPSA) is 58.4 Å². The van der Waals surface area contributed by atoms with Crippen LogP contribution in [0.4, 0.5) is 0 Å².